The summed E-state index contributed by atoms with van der Waals surface area (Å²) >= 11 is 0. The van der Waals surface area contributed by atoms with Crippen LogP contribution in [0.3, 0.4) is 0 Å². The van der Waals surface area contributed by atoms with Crippen molar-refractivity contribution in [1.29, 1.82) is 0 Å². The van der Waals surface area contributed by atoms with E-state index in [0.29, 0.717) is 26.1 Å². The van der Waals surface area contributed by atoms with Crippen LogP contribution in [0.4, 0.5) is 4.79 Å². The second kappa shape index (κ2) is 11.8. The monoisotopic (exact) mass is 501 g/mol. The number of likely N-dealkylation sites (tertiary alicyclic amines) is 1. The van der Waals surface area contributed by atoms with Crippen LogP contribution in [0.1, 0.15) is 61.1 Å². The van der Waals surface area contributed by atoms with Gasteiger partial charge in [0.1, 0.15) is 6.61 Å². The van der Waals surface area contributed by atoms with Gasteiger partial charge >= 0.3 is 12.1 Å². The van der Waals surface area contributed by atoms with Crippen LogP contribution >= 0.6 is 0 Å². The number of hydrogen-bond acceptors (Lipinski definition) is 4. The Balaban J connectivity index is 1.23. The molecule has 1 saturated carbocycles. The van der Waals surface area contributed by atoms with Gasteiger partial charge in [-0.05, 0) is 52.8 Å². The van der Waals surface area contributed by atoms with Crippen LogP contribution in [0.2, 0.25) is 0 Å². The highest BCUT2D eigenvalue weighted by Gasteiger charge is 2.33. The molecule has 1 heterocycles. The Bertz CT molecular complexity index is 1220. The fourth-order valence-electron chi connectivity index (χ4n) is 5.64. The molecule has 0 aromatic heterocycles. The summed E-state index contributed by atoms with van der Waals surface area (Å²) in [6.07, 6.45) is 4.85. The van der Waals surface area contributed by atoms with Crippen molar-refractivity contribution in [1.82, 2.24) is 4.90 Å². The van der Waals surface area contributed by atoms with Gasteiger partial charge in [0, 0.05) is 12.5 Å². The number of piperidine rings is 1. The van der Waals surface area contributed by atoms with Gasteiger partial charge in [0.15, 0.2) is 0 Å². The van der Waals surface area contributed by atoms with Crippen LogP contribution in [-0.2, 0) is 27.5 Å². The first-order chi connectivity index (χ1) is 18.1. The SMILES string of the molecule is O=C(OCc1ccc(C2CCN(C(=O)O)CC2OCc2ccc3ccccc3c2)cc1)C1CCCCC1. The van der Waals surface area contributed by atoms with Gasteiger partial charge in [0.2, 0.25) is 0 Å². The summed E-state index contributed by atoms with van der Waals surface area (Å²) in [6.45, 7) is 1.54. The summed E-state index contributed by atoms with van der Waals surface area (Å²) in [5.41, 5.74) is 3.15. The average molecular weight is 502 g/mol. The molecule has 5 rings (SSSR count). The van der Waals surface area contributed by atoms with Gasteiger partial charge < -0.3 is 19.5 Å². The molecule has 2 aliphatic rings. The first kappa shape index (κ1) is 25.3. The number of ether oxygens (including phenoxy) is 2. The molecule has 6 nitrogen and oxygen atoms in total. The van der Waals surface area contributed by atoms with Crippen LogP contribution in [0, 0.1) is 5.92 Å². The maximum Gasteiger partial charge on any atom is 0.407 e. The predicted octanol–water partition coefficient (Wildman–Crippen LogP) is 6.52. The van der Waals surface area contributed by atoms with E-state index in [2.05, 4.69) is 42.5 Å². The number of carbonyl (C=O) groups is 2. The maximum atomic E-state index is 12.4. The summed E-state index contributed by atoms with van der Waals surface area (Å²) in [4.78, 5) is 25.5. The van der Waals surface area contributed by atoms with Crippen LogP contribution in [0.25, 0.3) is 10.8 Å². The lowest BCUT2D eigenvalue weighted by Crippen LogP contribution is -2.46. The molecule has 2 atom stereocenters. The highest BCUT2D eigenvalue weighted by molar-refractivity contribution is 5.82. The van der Waals surface area contributed by atoms with E-state index in [0.717, 1.165) is 47.8 Å². The number of benzene rings is 3. The van der Waals surface area contributed by atoms with Gasteiger partial charge in [-0.1, -0.05) is 79.9 Å². The van der Waals surface area contributed by atoms with Crippen molar-refractivity contribution >= 4 is 22.8 Å². The van der Waals surface area contributed by atoms with Gasteiger partial charge in [-0.2, -0.15) is 0 Å². The molecule has 1 aliphatic heterocycles. The molecule has 0 spiro atoms. The third-order valence-electron chi connectivity index (χ3n) is 7.84. The van der Waals surface area contributed by atoms with Crippen molar-refractivity contribution in [2.45, 2.75) is 63.8 Å². The number of carbonyl (C=O) groups excluding carboxylic acids is 1. The molecule has 3 aromatic rings. The molecule has 37 heavy (non-hydrogen) atoms. The van der Waals surface area contributed by atoms with E-state index in [1.165, 1.54) is 16.7 Å². The second-order valence-corrected chi connectivity index (χ2v) is 10.3. The van der Waals surface area contributed by atoms with Gasteiger partial charge in [-0.25, -0.2) is 4.79 Å². The highest BCUT2D eigenvalue weighted by Crippen LogP contribution is 2.32. The number of esters is 1. The number of fused-ring (bicyclic) bond motifs is 1. The van der Waals surface area contributed by atoms with Gasteiger partial charge in [0.05, 0.1) is 25.2 Å². The van der Waals surface area contributed by atoms with E-state index >= 15 is 0 Å². The molecular weight excluding hydrogens is 466 g/mol. The smallest absolute Gasteiger partial charge is 0.407 e. The number of hydrogen-bond donors (Lipinski definition) is 1. The molecule has 1 N–H and O–H groups in total. The number of amides is 1. The molecule has 0 radical (unpaired) electrons. The fourth-order valence-corrected chi connectivity index (χ4v) is 5.64. The summed E-state index contributed by atoms with van der Waals surface area (Å²) in [7, 11) is 0. The Kier molecular flexibility index (Phi) is 8.05. The van der Waals surface area contributed by atoms with Crippen LogP contribution in [-0.4, -0.2) is 41.3 Å². The van der Waals surface area contributed by atoms with E-state index in [1.807, 2.05) is 24.3 Å². The van der Waals surface area contributed by atoms with E-state index in [1.54, 1.807) is 0 Å². The first-order valence-corrected chi connectivity index (χ1v) is 13.4. The molecular formula is C31H35NO5. The minimum atomic E-state index is -0.909. The maximum absolute atomic E-state index is 12.4. The van der Waals surface area contributed by atoms with Crippen LogP contribution < -0.4 is 0 Å². The second-order valence-electron chi connectivity index (χ2n) is 10.3. The summed E-state index contributed by atoms with van der Waals surface area (Å²) in [5, 5.41) is 11.9. The standard InChI is InChI=1S/C31H35NO5/c33-30(26-7-2-1-3-8-26)37-20-22-10-14-25(15-11-22)28-16-17-32(31(34)35)19-29(28)36-21-23-12-13-24-6-4-5-9-27(24)18-23/h4-6,9-15,18,26,28-29H,1-3,7-8,16-17,19-21H2,(H,34,35). The van der Waals surface area contributed by atoms with Crippen molar-refractivity contribution in [2.24, 2.45) is 5.92 Å². The van der Waals surface area contributed by atoms with Crippen molar-refractivity contribution in [3.63, 3.8) is 0 Å². The quantitative estimate of drug-likeness (QED) is 0.373. The van der Waals surface area contributed by atoms with Crippen molar-refractivity contribution in [3.8, 4) is 0 Å². The van der Waals surface area contributed by atoms with Crippen molar-refractivity contribution in [3.05, 3.63) is 83.4 Å². The predicted molar refractivity (Wildman–Crippen MR) is 142 cm³/mol. The molecule has 1 amide bonds. The lowest BCUT2D eigenvalue weighted by molar-refractivity contribution is -0.151. The molecule has 194 valence electrons. The van der Waals surface area contributed by atoms with Crippen molar-refractivity contribution in [2.75, 3.05) is 13.1 Å². The number of carboxylic acid groups (broad SMARTS) is 1. The molecule has 1 aliphatic carbocycles. The Morgan fingerprint density at radius 1 is 0.838 bits per heavy atom. The third-order valence-corrected chi connectivity index (χ3v) is 7.84. The fraction of sp³-hybridized carbons (Fsp3) is 0.419. The Labute approximate surface area is 218 Å². The zero-order chi connectivity index (χ0) is 25.6. The van der Waals surface area contributed by atoms with Crippen LogP contribution in [0.15, 0.2) is 66.7 Å². The summed E-state index contributed by atoms with van der Waals surface area (Å²) in [5.74, 6) is 0.0647. The zero-order valence-corrected chi connectivity index (χ0v) is 21.2. The molecule has 1 saturated heterocycles. The first-order valence-electron chi connectivity index (χ1n) is 13.4. The van der Waals surface area contributed by atoms with Gasteiger partial charge in [-0.3, -0.25) is 4.79 Å². The lowest BCUT2D eigenvalue weighted by atomic mass is 9.86. The zero-order valence-electron chi connectivity index (χ0n) is 21.2. The summed E-state index contributed by atoms with van der Waals surface area (Å²) < 4.78 is 12.0. The Hall–Kier alpha value is -3.38. The number of rotatable bonds is 7. The van der Waals surface area contributed by atoms with E-state index in [9.17, 15) is 14.7 Å². The minimum Gasteiger partial charge on any atom is -0.465 e. The Morgan fingerprint density at radius 2 is 1.57 bits per heavy atom. The van der Waals surface area contributed by atoms with E-state index in [-0.39, 0.29) is 30.5 Å². The lowest BCUT2D eigenvalue weighted by Gasteiger charge is -2.37. The topological polar surface area (TPSA) is 76.1 Å². The van der Waals surface area contributed by atoms with E-state index in [4.69, 9.17) is 9.47 Å². The number of nitrogens with zero attached hydrogens (tertiary/aromatic N) is 1. The average Bonchev–Trinajstić information content (AvgIpc) is 2.95. The largest absolute Gasteiger partial charge is 0.465 e. The van der Waals surface area contributed by atoms with Gasteiger partial charge in [0.25, 0.3) is 0 Å². The van der Waals surface area contributed by atoms with Gasteiger partial charge in [-0.15, -0.1) is 0 Å². The van der Waals surface area contributed by atoms with Crippen LogP contribution in [0.5, 0.6) is 0 Å². The molecule has 6 heteroatoms. The summed E-state index contributed by atoms with van der Waals surface area (Å²) in [6, 6.07) is 22.7. The minimum absolute atomic E-state index is 0.0490. The van der Waals surface area contributed by atoms with E-state index < -0.39 is 6.09 Å². The highest BCUT2D eigenvalue weighted by atomic mass is 16.5. The normalized spacial score (nSPS) is 20.6. The molecule has 3 aromatic carbocycles. The third kappa shape index (κ3) is 6.31. The molecule has 0 bridgehead atoms. The van der Waals surface area contributed by atoms with Crippen molar-refractivity contribution < 1.29 is 24.2 Å². The molecule has 2 fully saturated rings. The Morgan fingerprint density at radius 3 is 2.32 bits per heavy atom. The molecule has 2 unspecified atom stereocenters.